The van der Waals surface area contributed by atoms with Crippen LogP contribution in [0.15, 0.2) is 48.5 Å². The van der Waals surface area contributed by atoms with Gasteiger partial charge in [0.2, 0.25) is 0 Å². The Morgan fingerprint density at radius 2 is 1.93 bits per heavy atom. The molecule has 7 nitrogen and oxygen atoms in total. The molecule has 1 aliphatic heterocycles. The lowest BCUT2D eigenvalue weighted by atomic mass is 9.94. The van der Waals surface area contributed by atoms with E-state index in [2.05, 4.69) is 10.3 Å². The molecule has 29 heavy (non-hydrogen) atoms. The van der Waals surface area contributed by atoms with E-state index in [1.807, 2.05) is 31.2 Å². The molecule has 2 heterocycles. The quantitative estimate of drug-likeness (QED) is 0.569. The molecule has 2 aromatic carbocycles. The molecule has 0 aliphatic carbocycles. The van der Waals surface area contributed by atoms with Crippen LogP contribution in [-0.2, 0) is 6.42 Å². The molecule has 1 aromatic heterocycles. The van der Waals surface area contributed by atoms with Gasteiger partial charge in [-0.1, -0.05) is 36.4 Å². The van der Waals surface area contributed by atoms with Gasteiger partial charge in [0, 0.05) is 13.0 Å². The molecule has 0 spiro atoms. The monoisotopic (exact) mass is 408 g/mol. The second-order valence-corrected chi connectivity index (χ2v) is 7.89. The second kappa shape index (κ2) is 7.56. The van der Waals surface area contributed by atoms with E-state index in [4.69, 9.17) is 5.73 Å². The number of nitrogen functional groups attached to an aromatic ring is 1. The maximum Gasteiger partial charge on any atom is 0.408 e. The van der Waals surface area contributed by atoms with Gasteiger partial charge < -0.3 is 16.2 Å². The van der Waals surface area contributed by atoms with E-state index in [-0.39, 0.29) is 5.91 Å². The molecule has 4 N–H and O–H groups in total. The number of hydrogen-bond acceptors (Lipinski definition) is 5. The number of fused-ring (bicyclic) bond motifs is 1. The Bertz CT molecular complexity index is 1100. The summed E-state index contributed by atoms with van der Waals surface area (Å²) in [5, 5.41) is 12.8. The lowest BCUT2D eigenvalue weighted by Crippen LogP contribution is -2.39. The number of benzene rings is 2. The average Bonchev–Trinajstić information content (AvgIpc) is 3.14. The highest BCUT2D eigenvalue weighted by atomic mass is 32.1. The van der Waals surface area contributed by atoms with E-state index in [0.717, 1.165) is 21.7 Å². The van der Waals surface area contributed by atoms with Gasteiger partial charge in [0.1, 0.15) is 0 Å². The summed E-state index contributed by atoms with van der Waals surface area (Å²) in [5.74, 6) is -0.354. The van der Waals surface area contributed by atoms with Gasteiger partial charge in [-0.25, -0.2) is 9.78 Å². The number of nitrogens with one attached hydrogen (secondary N) is 1. The smallest absolute Gasteiger partial charge is 0.408 e. The van der Waals surface area contributed by atoms with Gasteiger partial charge in [-0.15, -0.1) is 11.3 Å². The van der Waals surface area contributed by atoms with Crippen LogP contribution in [0, 0.1) is 6.92 Å². The Morgan fingerprint density at radius 3 is 2.66 bits per heavy atom. The van der Waals surface area contributed by atoms with Crippen molar-refractivity contribution in [3.8, 4) is 0 Å². The summed E-state index contributed by atoms with van der Waals surface area (Å²) in [6.45, 7) is 2.29. The molecule has 0 bridgehead atoms. The predicted octanol–water partition coefficient (Wildman–Crippen LogP) is 3.91. The highest BCUT2D eigenvalue weighted by Crippen LogP contribution is 2.40. The normalized spacial score (nSPS) is 15.6. The van der Waals surface area contributed by atoms with Crippen molar-refractivity contribution in [2.75, 3.05) is 17.6 Å². The van der Waals surface area contributed by atoms with Gasteiger partial charge in [-0.3, -0.25) is 9.69 Å². The van der Waals surface area contributed by atoms with Crippen molar-refractivity contribution in [1.82, 2.24) is 9.88 Å². The third-order valence-electron chi connectivity index (χ3n) is 5.01. The fourth-order valence-corrected chi connectivity index (χ4v) is 4.69. The van der Waals surface area contributed by atoms with Gasteiger partial charge in [0.25, 0.3) is 5.91 Å². The highest BCUT2D eigenvalue weighted by Gasteiger charge is 2.36. The third kappa shape index (κ3) is 3.54. The van der Waals surface area contributed by atoms with E-state index in [9.17, 15) is 14.7 Å². The SMILES string of the molecule is Cc1ccccc1C1c2sc(C(=O)Nc3ccccc3N)nc2CCN1C(=O)O. The fourth-order valence-electron chi connectivity index (χ4n) is 3.55. The van der Waals surface area contributed by atoms with Gasteiger partial charge in [-0.05, 0) is 30.2 Å². The Morgan fingerprint density at radius 1 is 1.21 bits per heavy atom. The number of aryl methyl sites for hydroxylation is 1. The number of carbonyl (C=O) groups excluding carboxylic acids is 1. The zero-order chi connectivity index (χ0) is 20.5. The molecule has 0 saturated carbocycles. The summed E-state index contributed by atoms with van der Waals surface area (Å²) in [7, 11) is 0. The van der Waals surface area contributed by atoms with E-state index in [0.29, 0.717) is 29.3 Å². The van der Waals surface area contributed by atoms with Crippen molar-refractivity contribution in [2.24, 2.45) is 0 Å². The number of hydrogen-bond donors (Lipinski definition) is 3. The molecule has 0 saturated heterocycles. The minimum absolute atomic E-state index is 0.295. The summed E-state index contributed by atoms with van der Waals surface area (Å²) in [6, 6.07) is 14.2. The first-order valence-electron chi connectivity index (χ1n) is 9.16. The molecule has 1 aliphatic rings. The molecule has 3 aromatic rings. The number of aromatic nitrogens is 1. The Hall–Kier alpha value is -3.39. The third-order valence-corrected chi connectivity index (χ3v) is 6.16. The van der Waals surface area contributed by atoms with E-state index >= 15 is 0 Å². The zero-order valence-electron chi connectivity index (χ0n) is 15.8. The number of rotatable bonds is 3. The van der Waals surface area contributed by atoms with Crippen LogP contribution in [0.5, 0.6) is 0 Å². The molecular weight excluding hydrogens is 388 g/mol. The van der Waals surface area contributed by atoms with Crippen LogP contribution in [0.1, 0.15) is 37.5 Å². The zero-order valence-corrected chi connectivity index (χ0v) is 16.6. The summed E-state index contributed by atoms with van der Waals surface area (Å²) >= 11 is 1.23. The Labute approximate surface area is 171 Å². The van der Waals surface area contributed by atoms with Crippen LogP contribution >= 0.6 is 11.3 Å². The Kier molecular flexibility index (Phi) is 4.94. The minimum atomic E-state index is -0.986. The molecule has 4 rings (SSSR count). The summed E-state index contributed by atoms with van der Waals surface area (Å²) in [4.78, 5) is 31.4. The van der Waals surface area contributed by atoms with Crippen molar-refractivity contribution >= 4 is 34.7 Å². The lowest BCUT2D eigenvalue weighted by Gasteiger charge is -2.33. The van der Waals surface area contributed by atoms with Crippen LogP contribution in [0.2, 0.25) is 0 Å². The van der Waals surface area contributed by atoms with Crippen molar-refractivity contribution in [3.05, 3.63) is 75.2 Å². The number of nitrogens with zero attached hydrogens (tertiary/aromatic N) is 2. The lowest BCUT2D eigenvalue weighted by molar-refractivity contribution is 0.102. The largest absolute Gasteiger partial charge is 0.465 e. The molecule has 148 valence electrons. The molecule has 8 heteroatoms. The molecular formula is C21H20N4O3S. The number of para-hydroxylation sites is 2. The van der Waals surface area contributed by atoms with E-state index < -0.39 is 12.1 Å². The Balaban J connectivity index is 1.72. The maximum absolute atomic E-state index is 12.8. The number of thiazole rings is 1. The summed E-state index contributed by atoms with van der Waals surface area (Å²) in [5.41, 5.74) is 9.56. The van der Waals surface area contributed by atoms with Crippen molar-refractivity contribution < 1.29 is 14.7 Å². The van der Waals surface area contributed by atoms with Crippen LogP contribution in [-0.4, -0.2) is 33.5 Å². The molecule has 1 unspecified atom stereocenters. The van der Waals surface area contributed by atoms with Gasteiger partial charge in [0.05, 0.1) is 28.0 Å². The van der Waals surface area contributed by atoms with Crippen molar-refractivity contribution in [1.29, 1.82) is 0 Å². The van der Waals surface area contributed by atoms with Gasteiger partial charge >= 0.3 is 6.09 Å². The minimum Gasteiger partial charge on any atom is -0.465 e. The van der Waals surface area contributed by atoms with Crippen LogP contribution in [0.4, 0.5) is 16.2 Å². The number of carboxylic acid groups (broad SMARTS) is 1. The van der Waals surface area contributed by atoms with Crippen molar-refractivity contribution in [3.63, 3.8) is 0 Å². The predicted molar refractivity (Wildman–Crippen MR) is 112 cm³/mol. The number of anilines is 2. The maximum atomic E-state index is 12.8. The van der Waals surface area contributed by atoms with Crippen LogP contribution in [0.3, 0.4) is 0 Å². The second-order valence-electron chi connectivity index (χ2n) is 6.86. The van der Waals surface area contributed by atoms with Crippen molar-refractivity contribution in [2.45, 2.75) is 19.4 Å². The first kappa shape index (κ1) is 18.9. The van der Waals surface area contributed by atoms with Crippen LogP contribution < -0.4 is 11.1 Å². The number of amides is 2. The molecule has 2 amide bonds. The van der Waals surface area contributed by atoms with Crippen LogP contribution in [0.25, 0.3) is 0 Å². The number of nitrogens with two attached hydrogens (primary N) is 1. The summed E-state index contributed by atoms with van der Waals surface area (Å²) in [6.07, 6.45) is -0.512. The standard InChI is InChI=1S/C21H20N4O3S/c1-12-6-2-3-7-13(12)17-18-16(10-11-25(17)21(27)28)24-20(29-18)19(26)23-15-9-5-4-8-14(15)22/h2-9,17H,10-11,22H2,1H3,(H,23,26)(H,27,28). The summed E-state index contributed by atoms with van der Waals surface area (Å²) < 4.78 is 0. The average molecular weight is 408 g/mol. The number of carbonyl (C=O) groups is 2. The fraction of sp³-hybridized carbons (Fsp3) is 0.190. The van der Waals surface area contributed by atoms with Gasteiger partial charge in [-0.2, -0.15) is 0 Å². The highest BCUT2D eigenvalue weighted by molar-refractivity contribution is 7.14. The first-order chi connectivity index (χ1) is 14.0. The molecule has 0 radical (unpaired) electrons. The van der Waals surface area contributed by atoms with E-state index in [1.54, 1.807) is 24.3 Å². The first-order valence-corrected chi connectivity index (χ1v) is 9.98. The molecule has 0 fully saturated rings. The topological polar surface area (TPSA) is 109 Å². The van der Waals surface area contributed by atoms with E-state index in [1.165, 1.54) is 16.2 Å². The van der Waals surface area contributed by atoms with Gasteiger partial charge in [0.15, 0.2) is 5.01 Å². The molecule has 1 atom stereocenters.